The summed E-state index contributed by atoms with van der Waals surface area (Å²) in [6, 6.07) is 9.65. The normalized spacial score (nSPS) is 13.5. The van der Waals surface area contributed by atoms with E-state index in [0.717, 1.165) is 46.3 Å². The number of aromatic amines is 1. The van der Waals surface area contributed by atoms with E-state index in [2.05, 4.69) is 27.9 Å². The molecule has 2 heterocycles. The molecule has 5 nitrogen and oxygen atoms in total. The number of hydrogen-bond donors (Lipinski definition) is 2. The number of rotatable bonds is 4. The number of carbonyl (C=O) groups excluding carboxylic acids is 2. The Morgan fingerprint density at radius 3 is 2.92 bits per heavy atom. The third-order valence-electron chi connectivity index (χ3n) is 4.74. The number of benzene rings is 1. The molecule has 1 aliphatic rings. The molecule has 1 amide bonds. The first-order valence-electron chi connectivity index (χ1n) is 8.70. The molecule has 0 atom stereocenters. The molecule has 0 fully saturated rings. The lowest BCUT2D eigenvalue weighted by Crippen LogP contribution is -2.23. The van der Waals surface area contributed by atoms with Crippen molar-refractivity contribution in [1.29, 1.82) is 0 Å². The summed E-state index contributed by atoms with van der Waals surface area (Å²) in [7, 11) is 0. The average Bonchev–Trinajstić information content (AvgIpc) is 3.05. The van der Waals surface area contributed by atoms with Gasteiger partial charge in [0.1, 0.15) is 0 Å². The standard InChI is InChI=1S/C21H19N3O2/c1-2-10-22-21(26)14-7-8-17(23-12-14)13-6-9-18-16(11-13)15-4-3-5-19(25)20(15)24-18/h2,6-9,11-12,24H,1,3-5,10H2,(H,22,26). The van der Waals surface area contributed by atoms with Gasteiger partial charge in [-0.3, -0.25) is 14.6 Å². The first kappa shape index (κ1) is 16.3. The smallest absolute Gasteiger partial charge is 0.253 e. The zero-order valence-electron chi connectivity index (χ0n) is 14.3. The molecule has 0 aliphatic heterocycles. The van der Waals surface area contributed by atoms with Crippen LogP contribution in [-0.2, 0) is 6.42 Å². The molecule has 5 heteroatoms. The van der Waals surface area contributed by atoms with Crippen molar-refractivity contribution in [1.82, 2.24) is 15.3 Å². The number of carbonyl (C=O) groups is 2. The first-order chi connectivity index (χ1) is 12.7. The number of pyridine rings is 1. The van der Waals surface area contributed by atoms with E-state index in [-0.39, 0.29) is 11.7 Å². The summed E-state index contributed by atoms with van der Waals surface area (Å²) in [6.07, 6.45) is 5.64. The fourth-order valence-corrected chi connectivity index (χ4v) is 3.42. The second-order valence-electron chi connectivity index (χ2n) is 6.45. The Labute approximate surface area is 151 Å². The number of ketones is 1. The van der Waals surface area contributed by atoms with Crippen molar-refractivity contribution in [2.75, 3.05) is 6.54 Å². The van der Waals surface area contributed by atoms with Gasteiger partial charge in [-0.1, -0.05) is 12.1 Å². The lowest BCUT2D eigenvalue weighted by Gasteiger charge is -2.09. The third-order valence-corrected chi connectivity index (χ3v) is 4.74. The van der Waals surface area contributed by atoms with Crippen molar-refractivity contribution < 1.29 is 9.59 Å². The second kappa shape index (κ2) is 6.59. The molecular weight excluding hydrogens is 326 g/mol. The molecule has 0 bridgehead atoms. The largest absolute Gasteiger partial charge is 0.352 e. The summed E-state index contributed by atoms with van der Waals surface area (Å²) in [5.41, 5.74) is 5.12. The number of hydrogen-bond acceptors (Lipinski definition) is 3. The quantitative estimate of drug-likeness (QED) is 0.709. The van der Waals surface area contributed by atoms with Gasteiger partial charge in [-0.25, -0.2) is 0 Å². The molecule has 0 saturated heterocycles. The fraction of sp³-hybridized carbons (Fsp3) is 0.190. The maximum atomic E-state index is 12.1. The predicted octanol–water partition coefficient (Wildman–Crippen LogP) is 3.66. The highest BCUT2D eigenvalue weighted by molar-refractivity contribution is 6.04. The van der Waals surface area contributed by atoms with E-state index in [4.69, 9.17) is 0 Å². The van der Waals surface area contributed by atoms with Crippen LogP contribution in [0.25, 0.3) is 22.2 Å². The van der Waals surface area contributed by atoms with Crippen LogP contribution in [0.15, 0.2) is 49.2 Å². The van der Waals surface area contributed by atoms with E-state index in [0.29, 0.717) is 18.5 Å². The SMILES string of the molecule is C=CCNC(=O)c1ccc(-c2ccc3[nH]c4c(c3c2)CCCC4=O)nc1. The Balaban J connectivity index is 1.67. The molecule has 1 aliphatic carbocycles. The molecule has 0 unspecified atom stereocenters. The highest BCUT2D eigenvalue weighted by Gasteiger charge is 2.22. The molecular formula is C21H19N3O2. The molecule has 0 saturated carbocycles. The second-order valence-corrected chi connectivity index (χ2v) is 6.45. The van der Waals surface area contributed by atoms with E-state index in [1.807, 2.05) is 18.2 Å². The minimum absolute atomic E-state index is 0.169. The van der Waals surface area contributed by atoms with Crippen LogP contribution in [0.4, 0.5) is 0 Å². The van der Waals surface area contributed by atoms with Crippen molar-refractivity contribution >= 4 is 22.6 Å². The number of H-pyrrole nitrogens is 1. The Bertz CT molecular complexity index is 1020. The summed E-state index contributed by atoms with van der Waals surface area (Å²) < 4.78 is 0. The molecule has 4 rings (SSSR count). The Morgan fingerprint density at radius 1 is 1.27 bits per heavy atom. The Morgan fingerprint density at radius 2 is 2.15 bits per heavy atom. The van der Waals surface area contributed by atoms with Gasteiger partial charge in [-0.2, -0.15) is 0 Å². The van der Waals surface area contributed by atoms with Gasteiger partial charge in [-0.15, -0.1) is 6.58 Å². The predicted molar refractivity (Wildman–Crippen MR) is 101 cm³/mol. The maximum Gasteiger partial charge on any atom is 0.253 e. The molecule has 0 radical (unpaired) electrons. The third kappa shape index (κ3) is 2.81. The van der Waals surface area contributed by atoms with Gasteiger partial charge in [0.25, 0.3) is 5.91 Å². The lowest BCUT2D eigenvalue weighted by molar-refractivity contribution is 0.0953. The van der Waals surface area contributed by atoms with E-state index in [1.54, 1.807) is 18.3 Å². The topological polar surface area (TPSA) is 74.8 Å². The molecule has 2 N–H and O–H groups in total. The summed E-state index contributed by atoms with van der Waals surface area (Å²) >= 11 is 0. The van der Waals surface area contributed by atoms with Crippen molar-refractivity contribution in [3.05, 3.63) is 66.0 Å². The average molecular weight is 345 g/mol. The van der Waals surface area contributed by atoms with Crippen LogP contribution in [0.3, 0.4) is 0 Å². The molecule has 130 valence electrons. The van der Waals surface area contributed by atoms with Crippen LogP contribution in [0.2, 0.25) is 0 Å². The minimum atomic E-state index is -0.169. The summed E-state index contributed by atoms with van der Waals surface area (Å²) in [6.45, 7) is 4.01. The van der Waals surface area contributed by atoms with Crippen LogP contribution in [-0.4, -0.2) is 28.2 Å². The summed E-state index contributed by atoms with van der Waals surface area (Å²) in [5.74, 6) is 0.0228. The maximum absolute atomic E-state index is 12.1. The fourth-order valence-electron chi connectivity index (χ4n) is 3.42. The number of amides is 1. The molecule has 2 aromatic heterocycles. The van der Waals surface area contributed by atoms with Crippen molar-refractivity contribution in [2.24, 2.45) is 0 Å². The van der Waals surface area contributed by atoms with Gasteiger partial charge in [-0.05, 0) is 42.7 Å². The van der Waals surface area contributed by atoms with Crippen LogP contribution in [0, 0.1) is 0 Å². The number of nitrogens with one attached hydrogen (secondary N) is 2. The van der Waals surface area contributed by atoms with Crippen LogP contribution in [0.5, 0.6) is 0 Å². The Kier molecular flexibility index (Phi) is 4.13. The van der Waals surface area contributed by atoms with Gasteiger partial charge >= 0.3 is 0 Å². The van der Waals surface area contributed by atoms with Crippen molar-refractivity contribution in [2.45, 2.75) is 19.3 Å². The van der Waals surface area contributed by atoms with E-state index < -0.39 is 0 Å². The van der Waals surface area contributed by atoms with Crippen molar-refractivity contribution in [3.8, 4) is 11.3 Å². The number of aryl methyl sites for hydroxylation is 1. The molecule has 3 aromatic rings. The van der Waals surface area contributed by atoms with Crippen molar-refractivity contribution in [3.63, 3.8) is 0 Å². The number of Topliss-reactive ketones (excluding diaryl/α,β-unsaturated/α-hetero) is 1. The molecule has 0 spiro atoms. The van der Waals surface area contributed by atoms with Crippen LogP contribution >= 0.6 is 0 Å². The Hall–Kier alpha value is -3.21. The molecule has 1 aromatic carbocycles. The highest BCUT2D eigenvalue weighted by atomic mass is 16.1. The van der Waals surface area contributed by atoms with Crippen LogP contribution < -0.4 is 5.32 Å². The minimum Gasteiger partial charge on any atom is -0.352 e. The van der Waals surface area contributed by atoms with E-state index >= 15 is 0 Å². The zero-order chi connectivity index (χ0) is 18.1. The summed E-state index contributed by atoms with van der Waals surface area (Å²) in [5, 5.41) is 3.82. The van der Waals surface area contributed by atoms with Gasteiger partial charge < -0.3 is 10.3 Å². The highest BCUT2D eigenvalue weighted by Crippen LogP contribution is 2.31. The van der Waals surface area contributed by atoms with Gasteiger partial charge in [0.2, 0.25) is 0 Å². The monoisotopic (exact) mass is 345 g/mol. The van der Waals surface area contributed by atoms with E-state index in [9.17, 15) is 9.59 Å². The first-order valence-corrected chi connectivity index (χ1v) is 8.70. The van der Waals surface area contributed by atoms with Gasteiger partial charge in [0.05, 0.1) is 17.0 Å². The zero-order valence-corrected chi connectivity index (χ0v) is 14.3. The van der Waals surface area contributed by atoms with E-state index in [1.165, 1.54) is 0 Å². The number of fused-ring (bicyclic) bond motifs is 3. The number of aromatic nitrogens is 2. The van der Waals surface area contributed by atoms with Gasteiger partial charge in [0.15, 0.2) is 5.78 Å². The number of nitrogens with zero attached hydrogens (tertiary/aromatic N) is 1. The lowest BCUT2D eigenvalue weighted by atomic mass is 9.94. The summed E-state index contributed by atoms with van der Waals surface area (Å²) in [4.78, 5) is 31.7. The molecule has 26 heavy (non-hydrogen) atoms. The van der Waals surface area contributed by atoms with Crippen LogP contribution in [0.1, 0.15) is 39.3 Å². The van der Waals surface area contributed by atoms with Gasteiger partial charge in [0, 0.05) is 35.6 Å².